The van der Waals surface area contributed by atoms with Gasteiger partial charge in [0.15, 0.2) is 0 Å². The molecule has 0 aliphatic heterocycles. The van der Waals surface area contributed by atoms with Gasteiger partial charge in [-0.05, 0) is 37.1 Å². The average molecular weight is 213 g/mol. The van der Waals surface area contributed by atoms with Gasteiger partial charge in [-0.3, -0.25) is 4.98 Å². The first-order valence-electron chi connectivity index (χ1n) is 5.20. The van der Waals surface area contributed by atoms with Crippen LogP contribution in [-0.4, -0.2) is 4.98 Å². The minimum absolute atomic E-state index is 0.662. The normalized spacial score (nSPS) is 10.1. The summed E-state index contributed by atoms with van der Waals surface area (Å²) in [7, 11) is 0. The van der Waals surface area contributed by atoms with E-state index in [4.69, 9.17) is 5.73 Å². The third kappa shape index (κ3) is 2.31. The highest BCUT2D eigenvalue weighted by molar-refractivity contribution is 5.65. The number of hydrogen-bond acceptors (Lipinski definition) is 3. The van der Waals surface area contributed by atoms with Crippen LogP contribution in [0.3, 0.4) is 0 Å². The van der Waals surface area contributed by atoms with Crippen LogP contribution in [0.15, 0.2) is 36.7 Å². The van der Waals surface area contributed by atoms with Gasteiger partial charge in [0, 0.05) is 11.9 Å². The Morgan fingerprint density at radius 2 is 1.94 bits per heavy atom. The molecular weight excluding hydrogens is 198 g/mol. The van der Waals surface area contributed by atoms with E-state index < -0.39 is 0 Å². The van der Waals surface area contributed by atoms with Crippen molar-refractivity contribution in [2.75, 3.05) is 11.1 Å². The number of hydrogen-bond donors (Lipinski definition) is 2. The highest BCUT2D eigenvalue weighted by Gasteiger charge is 2.00. The molecule has 1 heterocycles. The van der Waals surface area contributed by atoms with Crippen molar-refractivity contribution < 1.29 is 0 Å². The number of benzene rings is 1. The molecule has 2 aromatic rings. The standard InChI is InChI=1S/C13H15N3/c1-9-3-4-10(2)13(5-9)16-12-6-11(14)7-15-8-12/h3-8,16H,14H2,1-2H3. The molecule has 3 heteroatoms. The first-order valence-corrected chi connectivity index (χ1v) is 5.20. The van der Waals surface area contributed by atoms with Gasteiger partial charge >= 0.3 is 0 Å². The van der Waals surface area contributed by atoms with Gasteiger partial charge in [0.1, 0.15) is 0 Å². The molecule has 0 aliphatic carbocycles. The summed E-state index contributed by atoms with van der Waals surface area (Å²) in [4.78, 5) is 4.04. The minimum Gasteiger partial charge on any atom is -0.397 e. The zero-order chi connectivity index (χ0) is 11.5. The first kappa shape index (κ1) is 10.5. The van der Waals surface area contributed by atoms with E-state index in [0.717, 1.165) is 11.4 Å². The summed E-state index contributed by atoms with van der Waals surface area (Å²) >= 11 is 0. The van der Waals surface area contributed by atoms with E-state index in [-0.39, 0.29) is 0 Å². The number of pyridine rings is 1. The first-order chi connectivity index (χ1) is 7.65. The predicted octanol–water partition coefficient (Wildman–Crippen LogP) is 3.02. The summed E-state index contributed by atoms with van der Waals surface area (Å²) in [5.74, 6) is 0. The van der Waals surface area contributed by atoms with Crippen molar-refractivity contribution in [2.24, 2.45) is 0 Å². The van der Waals surface area contributed by atoms with Gasteiger partial charge in [0.25, 0.3) is 0 Å². The van der Waals surface area contributed by atoms with Gasteiger partial charge in [0.2, 0.25) is 0 Å². The van der Waals surface area contributed by atoms with Crippen LogP contribution in [0.4, 0.5) is 17.1 Å². The fourth-order valence-electron chi connectivity index (χ4n) is 1.55. The van der Waals surface area contributed by atoms with Crippen molar-refractivity contribution >= 4 is 17.1 Å². The molecule has 0 saturated carbocycles. The Morgan fingerprint density at radius 1 is 1.12 bits per heavy atom. The van der Waals surface area contributed by atoms with Crippen LogP contribution in [0.2, 0.25) is 0 Å². The highest BCUT2D eigenvalue weighted by atomic mass is 14.9. The van der Waals surface area contributed by atoms with E-state index in [2.05, 4.69) is 42.3 Å². The quantitative estimate of drug-likeness (QED) is 0.806. The van der Waals surface area contributed by atoms with Crippen molar-refractivity contribution in [3.63, 3.8) is 0 Å². The lowest BCUT2D eigenvalue weighted by atomic mass is 10.1. The minimum atomic E-state index is 0.662. The number of nitrogens with one attached hydrogen (secondary N) is 1. The van der Waals surface area contributed by atoms with Crippen molar-refractivity contribution in [3.05, 3.63) is 47.8 Å². The maximum absolute atomic E-state index is 5.68. The molecule has 1 aromatic carbocycles. The van der Waals surface area contributed by atoms with Gasteiger partial charge in [-0.25, -0.2) is 0 Å². The second-order valence-electron chi connectivity index (χ2n) is 3.95. The lowest BCUT2D eigenvalue weighted by molar-refractivity contribution is 1.31. The fraction of sp³-hybridized carbons (Fsp3) is 0.154. The number of rotatable bonds is 2. The summed E-state index contributed by atoms with van der Waals surface area (Å²) in [6.07, 6.45) is 3.40. The number of aryl methyl sites for hydroxylation is 2. The van der Waals surface area contributed by atoms with Crippen LogP contribution in [-0.2, 0) is 0 Å². The summed E-state index contributed by atoms with van der Waals surface area (Å²) in [6.45, 7) is 4.14. The molecule has 0 saturated heterocycles. The topological polar surface area (TPSA) is 50.9 Å². The van der Waals surface area contributed by atoms with Crippen molar-refractivity contribution in [1.29, 1.82) is 0 Å². The molecule has 2 rings (SSSR count). The van der Waals surface area contributed by atoms with Gasteiger partial charge in [-0.1, -0.05) is 12.1 Å². The Bertz CT molecular complexity index is 506. The van der Waals surface area contributed by atoms with E-state index in [0.29, 0.717) is 5.69 Å². The van der Waals surface area contributed by atoms with E-state index in [1.165, 1.54) is 11.1 Å². The molecule has 82 valence electrons. The molecule has 3 N–H and O–H groups in total. The van der Waals surface area contributed by atoms with Crippen LogP contribution < -0.4 is 11.1 Å². The molecule has 3 nitrogen and oxygen atoms in total. The monoisotopic (exact) mass is 213 g/mol. The molecule has 0 bridgehead atoms. The summed E-state index contributed by atoms with van der Waals surface area (Å²) < 4.78 is 0. The number of nitrogens with two attached hydrogens (primary N) is 1. The van der Waals surface area contributed by atoms with Crippen LogP contribution >= 0.6 is 0 Å². The molecule has 0 spiro atoms. The summed E-state index contributed by atoms with van der Waals surface area (Å²) in [5, 5.41) is 3.31. The number of anilines is 3. The predicted molar refractivity (Wildman–Crippen MR) is 67.8 cm³/mol. The molecule has 0 aliphatic rings. The third-order valence-corrected chi connectivity index (χ3v) is 2.43. The summed E-state index contributed by atoms with van der Waals surface area (Å²) in [6, 6.07) is 8.17. The van der Waals surface area contributed by atoms with Crippen molar-refractivity contribution in [3.8, 4) is 0 Å². The maximum atomic E-state index is 5.68. The number of nitrogens with zero attached hydrogens (tertiary/aromatic N) is 1. The third-order valence-electron chi connectivity index (χ3n) is 2.43. The molecule has 1 aromatic heterocycles. The molecule has 0 fully saturated rings. The highest BCUT2D eigenvalue weighted by Crippen LogP contribution is 2.22. The second kappa shape index (κ2) is 4.23. The average Bonchev–Trinajstić information content (AvgIpc) is 2.24. The van der Waals surface area contributed by atoms with Gasteiger partial charge < -0.3 is 11.1 Å². The zero-order valence-corrected chi connectivity index (χ0v) is 9.49. The lowest BCUT2D eigenvalue weighted by Crippen LogP contribution is -1.96. The Hall–Kier alpha value is -2.03. The van der Waals surface area contributed by atoms with Crippen LogP contribution in [0.25, 0.3) is 0 Å². The van der Waals surface area contributed by atoms with Gasteiger partial charge in [-0.15, -0.1) is 0 Å². The Labute approximate surface area is 95.3 Å². The molecule has 16 heavy (non-hydrogen) atoms. The number of aromatic nitrogens is 1. The Kier molecular flexibility index (Phi) is 2.77. The number of nitrogen functional groups attached to an aromatic ring is 1. The van der Waals surface area contributed by atoms with Crippen LogP contribution in [0.5, 0.6) is 0 Å². The van der Waals surface area contributed by atoms with Crippen LogP contribution in [0, 0.1) is 13.8 Å². The zero-order valence-electron chi connectivity index (χ0n) is 9.49. The van der Waals surface area contributed by atoms with Crippen molar-refractivity contribution in [2.45, 2.75) is 13.8 Å². The second-order valence-corrected chi connectivity index (χ2v) is 3.95. The smallest absolute Gasteiger partial charge is 0.0591 e. The maximum Gasteiger partial charge on any atom is 0.0591 e. The SMILES string of the molecule is Cc1ccc(C)c(Nc2cncc(N)c2)c1. The van der Waals surface area contributed by atoms with Crippen molar-refractivity contribution in [1.82, 2.24) is 4.98 Å². The van der Waals surface area contributed by atoms with E-state index in [9.17, 15) is 0 Å². The van der Waals surface area contributed by atoms with Gasteiger partial charge in [-0.2, -0.15) is 0 Å². The molecule has 0 amide bonds. The molecule has 0 radical (unpaired) electrons. The van der Waals surface area contributed by atoms with E-state index in [1.807, 2.05) is 6.07 Å². The largest absolute Gasteiger partial charge is 0.397 e. The summed E-state index contributed by atoms with van der Waals surface area (Å²) in [5.41, 5.74) is 10.8. The van der Waals surface area contributed by atoms with Crippen LogP contribution in [0.1, 0.15) is 11.1 Å². The molecule has 0 unspecified atom stereocenters. The molecule has 0 atom stereocenters. The van der Waals surface area contributed by atoms with Gasteiger partial charge in [0.05, 0.1) is 17.6 Å². The lowest BCUT2D eigenvalue weighted by Gasteiger charge is -2.10. The fourth-order valence-corrected chi connectivity index (χ4v) is 1.55. The Morgan fingerprint density at radius 3 is 2.69 bits per heavy atom. The van der Waals surface area contributed by atoms with E-state index in [1.54, 1.807) is 12.4 Å². The molecular formula is C13H15N3. The Balaban J connectivity index is 2.30. The van der Waals surface area contributed by atoms with E-state index >= 15 is 0 Å².